The Kier molecular flexibility index (Phi) is 26.0. The van der Waals surface area contributed by atoms with Gasteiger partial charge < -0.3 is 0 Å². The molecule has 0 saturated heterocycles. The van der Waals surface area contributed by atoms with Crippen LogP contribution >= 0.6 is 0 Å². The van der Waals surface area contributed by atoms with Crippen LogP contribution in [0, 0.1) is 0 Å². The maximum absolute atomic E-state index is 12.0. The fraction of sp³-hybridized carbons (Fsp3) is 0.933. The van der Waals surface area contributed by atoms with Crippen molar-refractivity contribution >= 4 is 11.6 Å². The lowest BCUT2D eigenvalue weighted by molar-refractivity contribution is -0.127. The topological polar surface area (TPSA) is 34.1 Å². The van der Waals surface area contributed by atoms with E-state index < -0.39 is 0 Å². The maximum Gasteiger partial charge on any atom is 0.140 e. The number of unbranched alkanes of at least 4 members (excludes halogenated alkanes) is 21. The molecule has 0 aliphatic rings. The van der Waals surface area contributed by atoms with Crippen LogP contribution in [0.2, 0.25) is 0 Å². The molecule has 0 atom stereocenters. The molecule has 0 N–H and O–H groups in total. The van der Waals surface area contributed by atoms with Gasteiger partial charge in [-0.25, -0.2) is 0 Å². The molecule has 190 valence electrons. The van der Waals surface area contributed by atoms with Crippen molar-refractivity contribution in [2.75, 3.05) is 0 Å². The van der Waals surface area contributed by atoms with Crippen molar-refractivity contribution in [2.24, 2.45) is 0 Å². The quantitative estimate of drug-likeness (QED) is 0.0921. The van der Waals surface area contributed by atoms with Crippen LogP contribution in [0.15, 0.2) is 0 Å². The van der Waals surface area contributed by atoms with E-state index in [1.807, 2.05) is 0 Å². The summed E-state index contributed by atoms with van der Waals surface area (Å²) in [5, 5.41) is 0. The van der Waals surface area contributed by atoms with Crippen LogP contribution in [0.5, 0.6) is 0 Å². The van der Waals surface area contributed by atoms with Crippen molar-refractivity contribution in [3.63, 3.8) is 0 Å². The minimum atomic E-state index is 0.171. The van der Waals surface area contributed by atoms with Gasteiger partial charge in [0, 0.05) is 12.8 Å². The zero-order chi connectivity index (χ0) is 23.5. The molecule has 0 spiro atoms. The summed E-state index contributed by atoms with van der Waals surface area (Å²) in [7, 11) is 0. The molecule has 0 aliphatic heterocycles. The van der Waals surface area contributed by atoms with Crippen LogP contribution < -0.4 is 0 Å². The minimum Gasteiger partial charge on any atom is -0.299 e. The summed E-state index contributed by atoms with van der Waals surface area (Å²) in [5.74, 6) is 0.343. The highest BCUT2D eigenvalue weighted by molar-refractivity contribution is 5.98. The molecule has 2 heteroatoms. The first-order valence-electron chi connectivity index (χ1n) is 14.7. The number of hydrogen-bond acceptors (Lipinski definition) is 2. The summed E-state index contributed by atoms with van der Waals surface area (Å²) in [6.07, 6.45) is 31.4. The van der Waals surface area contributed by atoms with Crippen LogP contribution in [0.25, 0.3) is 0 Å². The maximum atomic E-state index is 12.0. The summed E-state index contributed by atoms with van der Waals surface area (Å²) < 4.78 is 0. The third-order valence-electron chi connectivity index (χ3n) is 6.76. The van der Waals surface area contributed by atoms with Gasteiger partial charge in [0.25, 0.3) is 0 Å². The Labute approximate surface area is 202 Å². The van der Waals surface area contributed by atoms with Gasteiger partial charge in [-0.05, 0) is 12.8 Å². The van der Waals surface area contributed by atoms with Crippen molar-refractivity contribution in [1.82, 2.24) is 0 Å². The molecule has 32 heavy (non-hydrogen) atoms. The number of rotatable bonds is 27. The van der Waals surface area contributed by atoms with Gasteiger partial charge in [-0.1, -0.05) is 149 Å². The highest BCUT2D eigenvalue weighted by atomic mass is 16.1. The van der Waals surface area contributed by atoms with Gasteiger partial charge in [0.1, 0.15) is 11.6 Å². The molecule has 0 amide bonds. The molecule has 0 radical (unpaired) electrons. The molecule has 0 fully saturated rings. The standard InChI is InChI=1S/C30H58O2/c1-3-5-7-9-11-13-15-17-19-21-23-25-27-30(32)28-29(31)26-24-22-20-18-16-14-12-10-8-6-4-2/h3-28H2,1-2H3. The normalized spacial score (nSPS) is 11.2. The van der Waals surface area contributed by atoms with Crippen molar-refractivity contribution in [3.05, 3.63) is 0 Å². The summed E-state index contributed by atoms with van der Waals surface area (Å²) in [6.45, 7) is 4.53. The Bertz CT molecular complexity index is 402. The monoisotopic (exact) mass is 450 g/mol. The second-order valence-electron chi connectivity index (χ2n) is 10.2. The molecular formula is C30H58O2. The minimum absolute atomic E-state index is 0.171. The average Bonchev–Trinajstić information content (AvgIpc) is 2.78. The summed E-state index contributed by atoms with van der Waals surface area (Å²) in [4.78, 5) is 24.0. The Hall–Kier alpha value is -0.660. The first kappa shape index (κ1) is 31.3. The molecule has 0 bridgehead atoms. The lowest BCUT2D eigenvalue weighted by atomic mass is 10.0. The number of carbonyl (C=O) groups excluding carboxylic acids is 2. The van der Waals surface area contributed by atoms with Crippen LogP contribution in [-0.4, -0.2) is 11.6 Å². The SMILES string of the molecule is CCCCCCCCCCCCCCC(=O)CC(=O)CCCCCCCCCCCCC. The number of hydrogen-bond donors (Lipinski definition) is 0. The largest absolute Gasteiger partial charge is 0.299 e. The molecular weight excluding hydrogens is 392 g/mol. The van der Waals surface area contributed by atoms with Crippen LogP contribution in [0.1, 0.15) is 181 Å². The molecule has 0 saturated carbocycles. The Morgan fingerprint density at radius 2 is 0.562 bits per heavy atom. The van der Waals surface area contributed by atoms with E-state index >= 15 is 0 Å². The third-order valence-corrected chi connectivity index (χ3v) is 6.76. The van der Waals surface area contributed by atoms with Crippen molar-refractivity contribution in [1.29, 1.82) is 0 Å². The van der Waals surface area contributed by atoms with Gasteiger partial charge in [0.15, 0.2) is 0 Å². The van der Waals surface area contributed by atoms with Crippen LogP contribution in [0.3, 0.4) is 0 Å². The van der Waals surface area contributed by atoms with E-state index in [2.05, 4.69) is 13.8 Å². The molecule has 0 rings (SSSR count). The Balaban J connectivity index is 3.30. The first-order valence-corrected chi connectivity index (χ1v) is 14.7. The van der Waals surface area contributed by atoms with E-state index in [1.165, 1.54) is 122 Å². The predicted octanol–water partition coefficient (Wildman–Crippen LogP) is 10.3. The number of carbonyl (C=O) groups is 2. The smallest absolute Gasteiger partial charge is 0.140 e. The lowest BCUT2D eigenvalue weighted by Crippen LogP contribution is -2.07. The van der Waals surface area contributed by atoms with Gasteiger partial charge in [0.05, 0.1) is 6.42 Å². The second-order valence-corrected chi connectivity index (χ2v) is 10.2. The molecule has 0 heterocycles. The molecule has 0 aliphatic carbocycles. The van der Waals surface area contributed by atoms with Gasteiger partial charge in [-0.2, -0.15) is 0 Å². The Morgan fingerprint density at radius 3 is 0.812 bits per heavy atom. The van der Waals surface area contributed by atoms with E-state index in [9.17, 15) is 9.59 Å². The average molecular weight is 451 g/mol. The molecule has 0 aromatic rings. The van der Waals surface area contributed by atoms with E-state index in [0.717, 1.165) is 25.7 Å². The third kappa shape index (κ3) is 25.6. The highest BCUT2D eigenvalue weighted by Gasteiger charge is 2.09. The zero-order valence-corrected chi connectivity index (χ0v) is 22.2. The fourth-order valence-corrected chi connectivity index (χ4v) is 4.55. The van der Waals surface area contributed by atoms with Crippen molar-refractivity contribution in [3.8, 4) is 0 Å². The van der Waals surface area contributed by atoms with Crippen molar-refractivity contribution < 1.29 is 9.59 Å². The predicted molar refractivity (Wildman–Crippen MR) is 141 cm³/mol. The van der Waals surface area contributed by atoms with Gasteiger partial charge in [0.2, 0.25) is 0 Å². The van der Waals surface area contributed by atoms with E-state index in [0.29, 0.717) is 12.8 Å². The fourth-order valence-electron chi connectivity index (χ4n) is 4.55. The van der Waals surface area contributed by atoms with Gasteiger partial charge in [-0.15, -0.1) is 0 Å². The molecule has 0 unspecified atom stereocenters. The van der Waals surface area contributed by atoms with E-state index in [4.69, 9.17) is 0 Å². The van der Waals surface area contributed by atoms with Gasteiger partial charge in [-0.3, -0.25) is 9.59 Å². The van der Waals surface area contributed by atoms with E-state index in [1.54, 1.807) is 0 Å². The number of Topliss-reactive ketones (excluding diaryl/α,β-unsaturated/α-hetero) is 2. The van der Waals surface area contributed by atoms with Crippen molar-refractivity contribution in [2.45, 2.75) is 181 Å². The zero-order valence-electron chi connectivity index (χ0n) is 22.2. The molecule has 0 aromatic carbocycles. The Morgan fingerprint density at radius 1 is 0.344 bits per heavy atom. The molecule has 0 aromatic heterocycles. The summed E-state index contributed by atoms with van der Waals surface area (Å²) in [6, 6.07) is 0. The summed E-state index contributed by atoms with van der Waals surface area (Å²) in [5.41, 5.74) is 0. The van der Waals surface area contributed by atoms with Gasteiger partial charge >= 0.3 is 0 Å². The second kappa shape index (κ2) is 26.6. The van der Waals surface area contributed by atoms with Crippen LogP contribution in [-0.2, 0) is 9.59 Å². The lowest BCUT2D eigenvalue weighted by Gasteiger charge is -2.04. The van der Waals surface area contributed by atoms with E-state index in [-0.39, 0.29) is 18.0 Å². The van der Waals surface area contributed by atoms with Crippen LogP contribution in [0.4, 0.5) is 0 Å². The summed E-state index contributed by atoms with van der Waals surface area (Å²) >= 11 is 0. The first-order chi connectivity index (χ1) is 15.7. The molecule has 2 nitrogen and oxygen atoms in total. The number of ketones is 2. The highest BCUT2D eigenvalue weighted by Crippen LogP contribution is 2.14.